The average Bonchev–Trinajstić information content (AvgIpc) is 2.77. The van der Waals surface area contributed by atoms with E-state index in [1.165, 1.54) is 38.5 Å². The van der Waals surface area contributed by atoms with Gasteiger partial charge in [-0.25, -0.2) is 0 Å². The van der Waals surface area contributed by atoms with Crippen LogP contribution >= 0.6 is 11.8 Å². The number of piperazine rings is 1. The molecule has 0 unspecified atom stereocenters. The van der Waals surface area contributed by atoms with E-state index < -0.39 is 22.4 Å². The Morgan fingerprint density at radius 3 is 2.48 bits per heavy atom. The maximum Gasteiger partial charge on any atom is 0.416 e. The molecule has 0 atom stereocenters. The molecule has 31 heavy (non-hydrogen) atoms. The van der Waals surface area contributed by atoms with E-state index in [1.54, 1.807) is 0 Å². The molecule has 170 valence electrons. The molecule has 0 radical (unpaired) electrons. The van der Waals surface area contributed by atoms with E-state index in [4.69, 9.17) is 0 Å². The predicted octanol–water partition coefficient (Wildman–Crippen LogP) is 5.16. The second kappa shape index (κ2) is 9.36. The summed E-state index contributed by atoms with van der Waals surface area (Å²) < 4.78 is 39.3. The van der Waals surface area contributed by atoms with Crippen LogP contribution in [-0.2, 0) is 12.7 Å². The summed E-state index contributed by atoms with van der Waals surface area (Å²) in [5.41, 5.74) is -1.22. The molecule has 1 aromatic carbocycles. The molecule has 3 aliphatic rings. The van der Waals surface area contributed by atoms with Crippen molar-refractivity contribution in [3.63, 3.8) is 0 Å². The number of nitro benzene ring substituents is 1. The largest absolute Gasteiger partial charge is 0.416 e. The molecule has 2 heterocycles. The number of aliphatic imine (C=N–C) groups is 1. The van der Waals surface area contributed by atoms with Crippen molar-refractivity contribution in [2.45, 2.75) is 56.1 Å². The Bertz CT molecular complexity index is 848. The highest BCUT2D eigenvalue weighted by Gasteiger charge is 2.36. The van der Waals surface area contributed by atoms with Gasteiger partial charge in [-0.1, -0.05) is 32.1 Å². The molecule has 0 amide bonds. The third-order valence-corrected chi connectivity index (χ3v) is 7.71. The fourth-order valence-electron chi connectivity index (χ4n) is 4.65. The highest BCUT2D eigenvalue weighted by molar-refractivity contribution is 8.14. The first-order valence-corrected chi connectivity index (χ1v) is 11.7. The Hall–Kier alpha value is -1.81. The number of fused-ring (bicyclic) bond motifs is 1. The Morgan fingerprint density at radius 1 is 1.13 bits per heavy atom. The van der Waals surface area contributed by atoms with Crippen LogP contribution in [0.25, 0.3) is 0 Å². The van der Waals surface area contributed by atoms with Crippen LogP contribution in [0, 0.1) is 16.0 Å². The fourth-order valence-corrected chi connectivity index (χ4v) is 5.77. The van der Waals surface area contributed by atoms with Crippen LogP contribution < -0.4 is 0 Å². The van der Waals surface area contributed by atoms with Gasteiger partial charge in [-0.3, -0.25) is 20.0 Å². The lowest BCUT2D eigenvalue weighted by molar-refractivity contribution is -0.388. The van der Waals surface area contributed by atoms with Gasteiger partial charge in [-0.05, 0) is 42.3 Å². The summed E-state index contributed by atoms with van der Waals surface area (Å²) in [5.74, 6) is 0.851. The number of halogens is 3. The predicted molar refractivity (Wildman–Crippen MR) is 114 cm³/mol. The molecule has 10 heteroatoms. The van der Waals surface area contributed by atoms with Gasteiger partial charge in [0.2, 0.25) is 0 Å². The molecule has 0 N–H and O–H groups in total. The quantitative estimate of drug-likeness (QED) is 0.462. The Morgan fingerprint density at radius 2 is 1.84 bits per heavy atom. The molecule has 1 saturated carbocycles. The van der Waals surface area contributed by atoms with Crippen molar-refractivity contribution in [3.8, 4) is 0 Å². The summed E-state index contributed by atoms with van der Waals surface area (Å²) in [4.78, 5) is 20.0. The fraction of sp³-hybridized carbons (Fsp3) is 0.667. The van der Waals surface area contributed by atoms with E-state index in [9.17, 15) is 23.3 Å². The zero-order chi connectivity index (χ0) is 22.0. The van der Waals surface area contributed by atoms with Crippen LogP contribution in [0.15, 0.2) is 22.0 Å². The molecule has 4 rings (SSSR count). The second-order valence-corrected chi connectivity index (χ2v) is 9.54. The van der Waals surface area contributed by atoms with Gasteiger partial charge >= 0.3 is 6.18 Å². The number of alkyl halides is 3. The van der Waals surface area contributed by atoms with Crippen LogP contribution in [0.1, 0.15) is 49.7 Å². The molecule has 2 aliphatic heterocycles. The maximum atomic E-state index is 13.1. The first kappa shape index (κ1) is 22.4. The number of benzene rings is 1. The second-order valence-electron chi connectivity index (χ2n) is 8.56. The Kier molecular flexibility index (Phi) is 6.76. The highest BCUT2D eigenvalue weighted by atomic mass is 32.2. The molecular weight excluding hydrogens is 429 g/mol. The van der Waals surface area contributed by atoms with Gasteiger partial charge in [0, 0.05) is 32.2 Å². The lowest BCUT2D eigenvalue weighted by Gasteiger charge is -2.37. The summed E-state index contributed by atoms with van der Waals surface area (Å²) in [7, 11) is 0. The number of hydrogen-bond donors (Lipinski definition) is 0. The van der Waals surface area contributed by atoms with Crippen LogP contribution in [0.3, 0.4) is 0 Å². The molecule has 1 aromatic rings. The summed E-state index contributed by atoms with van der Waals surface area (Å²) >= 11 is 1.12. The molecular formula is C21H27F3N4O2S. The van der Waals surface area contributed by atoms with Crippen molar-refractivity contribution >= 4 is 22.6 Å². The first-order valence-electron chi connectivity index (χ1n) is 10.9. The number of rotatable bonds is 4. The van der Waals surface area contributed by atoms with Crippen LogP contribution in [-0.4, -0.2) is 52.6 Å². The minimum atomic E-state index is -4.62. The van der Waals surface area contributed by atoms with Crippen molar-refractivity contribution in [3.05, 3.63) is 33.4 Å². The van der Waals surface area contributed by atoms with Gasteiger partial charge in [0.15, 0.2) is 5.17 Å². The molecule has 0 bridgehead atoms. The Balaban J connectivity index is 1.37. The van der Waals surface area contributed by atoms with Crippen LogP contribution in [0.5, 0.6) is 0 Å². The van der Waals surface area contributed by atoms with Crippen LogP contribution in [0.2, 0.25) is 0 Å². The average molecular weight is 457 g/mol. The molecule has 0 aromatic heterocycles. The normalized spacial score (nSPS) is 21.0. The van der Waals surface area contributed by atoms with Gasteiger partial charge in [-0.15, -0.1) is 0 Å². The van der Waals surface area contributed by atoms with Crippen molar-refractivity contribution in [2.24, 2.45) is 10.9 Å². The van der Waals surface area contributed by atoms with E-state index >= 15 is 0 Å². The standard InChI is InChI=1S/C21H27F3N4O2S/c22-21(23,24)17-12-16-14-25-20(31-19(16)18(13-17)28(29)30)27-10-8-26(9-11-27)7-6-15-4-2-1-3-5-15/h12-13,15H,1-11,14H2. The zero-order valence-electron chi connectivity index (χ0n) is 17.4. The third kappa shape index (κ3) is 5.34. The molecule has 2 fully saturated rings. The van der Waals surface area contributed by atoms with E-state index in [-0.39, 0.29) is 17.0 Å². The zero-order valence-corrected chi connectivity index (χ0v) is 18.2. The van der Waals surface area contributed by atoms with E-state index in [2.05, 4.69) is 14.8 Å². The topological polar surface area (TPSA) is 62.0 Å². The number of hydrogen-bond acceptors (Lipinski definition) is 6. The SMILES string of the molecule is O=[N+]([O-])c1cc(C(F)(F)F)cc2c1SC(N1CCN(CCC3CCCCC3)CC1)=NC2. The van der Waals surface area contributed by atoms with Gasteiger partial charge in [-0.2, -0.15) is 13.2 Å². The molecule has 0 spiro atoms. The van der Waals surface area contributed by atoms with Gasteiger partial charge in [0.25, 0.3) is 5.69 Å². The minimum absolute atomic E-state index is 0.0321. The molecule has 6 nitrogen and oxygen atoms in total. The summed E-state index contributed by atoms with van der Waals surface area (Å²) in [6.07, 6.45) is 3.40. The number of amidine groups is 1. The van der Waals surface area contributed by atoms with Gasteiger partial charge in [0.1, 0.15) is 0 Å². The molecule has 1 aliphatic carbocycles. The van der Waals surface area contributed by atoms with Crippen molar-refractivity contribution in [1.82, 2.24) is 9.80 Å². The number of nitrogens with zero attached hydrogens (tertiary/aromatic N) is 4. The van der Waals surface area contributed by atoms with Crippen molar-refractivity contribution < 1.29 is 18.1 Å². The molecule has 1 saturated heterocycles. The summed E-state index contributed by atoms with van der Waals surface area (Å²) in [6.45, 7) is 4.51. The van der Waals surface area contributed by atoms with Gasteiger partial charge in [0.05, 0.1) is 21.9 Å². The summed E-state index contributed by atoms with van der Waals surface area (Å²) in [5, 5.41) is 12.1. The maximum absolute atomic E-state index is 13.1. The number of nitro groups is 1. The van der Waals surface area contributed by atoms with Gasteiger partial charge < -0.3 is 4.90 Å². The summed E-state index contributed by atoms with van der Waals surface area (Å²) in [6, 6.07) is 1.62. The van der Waals surface area contributed by atoms with E-state index in [0.29, 0.717) is 11.2 Å². The highest BCUT2D eigenvalue weighted by Crippen LogP contribution is 2.42. The van der Waals surface area contributed by atoms with E-state index in [1.807, 2.05) is 0 Å². The van der Waals surface area contributed by atoms with Crippen LogP contribution in [0.4, 0.5) is 18.9 Å². The third-order valence-electron chi connectivity index (χ3n) is 6.47. The number of thioether (sulfide) groups is 1. The van der Waals surface area contributed by atoms with Crippen molar-refractivity contribution in [2.75, 3.05) is 32.7 Å². The lowest BCUT2D eigenvalue weighted by atomic mass is 9.87. The lowest BCUT2D eigenvalue weighted by Crippen LogP contribution is -2.48. The monoisotopic (exact) mass is 456 g/mol. The smallest absolute Gasteiger partial charge is 0.349 e. The minimum Gasteiger partial charge on any atom is -0.349 e. The van der Waals surface area contributed by atoms with E-state index in [0.717, 1.165) is 56.5 Å². The van der Waals surface area contributed by atoms with Crippen molar-refractivity contribution in [1.29, 1.82) is 0 Å². The first-order chi connectivity index (χ1) is 14.8. The Labute approximate surface area is 184 Å².